The minimum atomic E-state index is -0.739. The van der Waals surface area contributed by atoms with Crippen LogP contribution in [0.15, 0.2) is 30.3 Å². The summed E-state index contributed by atoms with van der Waals surface area (Å²) in [6, 6.07) is 9.42. The number of methoxy groups -OCH3 is 1. The van der Waals surface area contributed by atoms with Crippen LogP contribution in [0.4, 0.5) is 0 Å². The minimum absolute atomic E-state index is 0.403. The summed E-state index contributed by atoms with van der Waals surface area (Å²) in [5.74, 6) is 9.92. The number of hydrogen-bond donors (Lipinski definition) is 1. The fourth-order valence-corrected chi connectivity index (χ4v) is 1.15. The van der Waals surface area contributed by atoms with Gasteiger partial charge in [-0.2, -0.15) is 0 Å². The van der Waals surface area contributed by atoms with E-state index in [9.17, 15) is 9.90 Å². The summed E-state index contributed by atoms with van der Waals surface area (Å²) >= 11 is 0. The maximum Gasteiger partial charge on any atom is 0.384 e. The third-order valence-electron chi connectivity index (χ3n) is 2.08. The van der Waals surface area contributed by atoms with Crippen LogP contribution in [0, 0.1) is 23.7 Å². The fraction of sp³-hybridized carbons (Fsp3) is 0.267. The van der Waals surface area contributed by atoms with Crippen molar-refractivity contribution in [3.63, 3.8) is 0 Å². The van der Waals surface area contributed by atoms with E-state index in [0.717, 1.165) is 5.56 Å². The average Bonchev–Trinajstić information content (AvgIpc) is 2.42. The normalized spacial score (nSPS) is 10.3. The van der Waals surface area contributed by atoms with E-state index >= 15 is 0 Å². The summed E-state index contributed by atoms with van der Waals surface area (Å²) in [7, 11) is 1.27. The number of esters is 1. The van der Waals surface area contributed by atoms with Gasteiger partial charge < -0.3 is 9.84 Å². The van der Waals surface area contributed by atoms with Gasteiger partial charge in [0.1, 0.15) is 6.10 Å². The molecule has 0 aliphatic carbocycles. The predicted octanol–water partition coefficient (Wildman–Crippen LogP) is 1.36. The molecule has 0 aliphatic heterocycles. The molecule has 0 bridgehead atoms. The van der Waals surface area contributed by atoms with Gasteiger partial charge in [0.05, 0.1) is 7.11 Å². The molecule has 0 saturated carbocycles. The molecular formula is C15H14O3. The lowest BCUT2D eigenvalue weighted by Crippen LogP contribution is -2.02. The Morgan fingerprint density at radius 1 is 1.39 bits per heavy atom. The molecule has 0 amide bonds. The largest absolute Gasteiger partial charge is 0.459 e. The number of hydrogen-bond acceptors (Lipinski definition) is 3. The van der Waals surface area contributed by atoms with Gasteiger partial charge in [0, 0.05) is 17.9 Å². The minimum Gasteiger partial charge on any atom is -0.459 e. The van der Waals surface area contributed by atoms with Crippen molar-refractivity contribution in [3.8, 4) is 23.7 Å². The summed E-state index contributed by atoms with van der Waals surface area (Å²) in [6.07, 6.45) is 0.0703. The molecule has 1 aromatic rings. The zero-order chi connectivity index (χ0) is 13.2. The molecule has 1 unspecified atom stereocenters. The van der Waals surface area contributed by atoms with E-state index in [-0.39, 0.29) is 0 Å². The molecule has 0 heterocycles. The first-order valence-electron chi connectivity index (χ1n) is 5.54. The van der Waals surface area contributed by atoms with E-state index in [0.29, 0.717) is 12.8 Å². The molecule has 0 aliphatic rings. The molecule has 1 atom stereocenters. The SMILES string of the molecule is COC(=O)C#CCCC(O)C#Cc1ccccc1. The molecule has 92 valence electrons. The van der Waals surface area contributed by atoms with Gasteiger partial charge in [-0.25, -0.2) is 4.79 Å². The molecule has 18 heavy (non-hydrogen) atoms. The first kappa shape index (κ1) is 13.8. The lowest BCUT2D eigenvalue weighted by atomic mass is 10.1. The highest BCUT2D eigenvalue weighted by atomic mass is 16.5. The van der Waals surface area contributed by atoms with Gasteiger partial charge >= 0.3 is 5.97 Å². The number of carbonyl (C=O) groups is 1. The highest BCUT2D eigenvalue weighted by Crippen LogP contribution is 1.98. The zero-order valence-electron chi connectivity index (χ0n) is 10.1. The lowest BCUT2D eigenvalue weighted by Gasteiger charge is -1.97. The average molecular weight is 242 g/mol. The Balaban J connectivity index is 2.38. The van der Waals surface area contributed by atoms with Gasteiger partial charge in [-0.3, -0.25) is 0 Å². The Labute approximate surface area is 107 Å². The molecule has 1 rings (SSSR count). The van der Waals surface area contributed by atoms with Crippen LogP contribution < -0.4 is 0 Å². The Morgan fingerprint density at radius 2 is 2.11 bits per heavy atom. The molecule has 3 nitrogen and oxygen atoms in total. The fourth-order valence-electron chi connectivity index (χ4n) is 1.15. The molecule has 0 spiro atoms. The number of aliphatic hydroxyl groups is 1. The van der Waals surface area contributed by atoms with Gasteiger partial charge in [0.2, 0.25) is 0 Å². The molecule has 1 aromatic carbocycles. The summed E-state index contributed by atoms with van der Waals surface area (Å²) in [4.78, 5) is 10.7. The van der Waals surface area contributed by atoms with E-state index in [1.165, 1.54) is 7.11 Å². The number of aliphatic hydroxyl groups excluding tert-OH is 1. The van der Waals surface area contributed by atoms with Crippen molar-refractivity contribution in [3.05, 3.63) is 35.9 Å². The maximum atomic E-state index is 10.7. The molecule has 0 aromatic heterocycles. The van der Waals surface area contributed by atoms with Gasteiger partial charge in [-0.05, 0) is 18.6 Å². The zero-order valence-corrected chi connectivity index (χ0v) is 10.1. The van der Waals surface area contributed by atoms with E-state index in [1.54, 1.807) is 0 Å². The number of ether oxygens (including phenoxy) is 1. The second-order valence-corrected chi connectivity index (χ2v) is 3.48. The number of rotatable bonds is 2. The van der Waals surface area contributed by atoms with Crippen molar-refractivity contribution in [2.24, 2.45) is 0 Å². The van der Waals surface area contributed by atoms with Gasteiger partial charge in [-0.1, -0.05) is 36.0 Å². The van der Waals surface area contributed by atoms with Crippen molar-refractivity contribution in [2.75, 3.05) is 7.11 Å². The molecular weight excluding hydrogens is 228 g/mol. The number of carbonyl (C=O) groups excluding carboxylic acids is 1. The predicted molar refractivity (Wildman–Crippen MR) is 68.4 cm³/mol. The molecule has 0 radical (unpaired) electrons. The van der Waals surface area contributed by atoms with E-state index in [1.807, 2.05) is 30.3 Å². The molecule has 0 saturated heterocycles. The van der Waals surface area contributed by atoms with Crippen molar-refractivity contribution in [2.45, 2.75) is 18.9 Å². The van der Waals surface area contributed by atoms with Crippen LogP contribution in [0.2, 0.25) is 0 Å². The van der Waals surface area contributed by atoms with Crippen LogP contribution in [-0.4, -0.2) is 24.3 Å². The first-order valence-corrected chi connectivity index (χ1v) is 5.54. The van der Waals surface area contributed by atoms with Crippen molar-refractivity contribution in [1.82, 2.24) is 0 Å². The van der Waals surface area contributed by atoms with Gasteiger partial charge in [0.25, 0.3) is 0 Å². The van der Waals surface area contributed by atoms with E-state index < -0.39 is 12.1 Å². The highest BCUT2D eigenvalue weighted by Gasteiger charge is 1.97. The van der Waals surface area contributed by atoms with Crippen LogP contribution in [0.1, 0.15) is 18.4 Å². The highest BCUT2D eigenvalue weighted by molar-refractivity contribution is 5.88. The smallest absolute Gasteiger partial charge is 0.384 e. The third kappa shape index (κ3) is 5.75. The van der Waals surface area contributed by atoms with Crippen LogP contribution in [-0.2, 0) is 9.53 Å². The van der Waals surface area contributed by atoms with Crippen LogP contribution in [0.5, 0.6) is 0 Å². The van der Waals surface area contributed by atoms with Gasteiger partial charge in [0.15, 0.2) is 0 Å². The Morgan fingerprint density at radius 3 is 2.78 bits per heavy atom. The van der Waals surface area contributed by atoms with Crippen molar-refractivity contribution >= 4 is 5.97 Å². The van der Waals surface area contributed by atoms with Crippen LogP contribution in [0.25, 0.3) is 0 Å². The second kappa shape index (κ2) is 7.95. The van der Waals surface area contributed by atoms with E-state index in [2.05, 4.69) is 28.4 Å². The monoisotopic (exact) mass is 242 g/mol. The lowest BCUT2D eigenvalue weighted by molar-refractivity contribution is -0.133. The molecule has 1 N–H and O–H groups in total. The first-order chi connectivity index (χ1) is 8.72. The van der Waals surface area contributed by atoms with Crippen LogP contribution >= 0.6 is 0 Å². The topological polar surface area (TPSA) is 46.5 Å². The summed E-state index contributed by atoms with van der Waals surface area (Å²) < 4.78 is 4.36. The standard InChI is InChI=1S/C15H14O3/c1-18-15(17)10-6-5-9-14(16)12-11-13-7-3-2-4-8-13/h2-4,7-8,14,16H,5,9H2,1H3. The Kier molecular flexibility index (Phi) is 6.11. The Hall–Kier alpha value is -2.23. The second-order valence-electron chi connectivity index (χ2n) is 3.48. The van der Waals surface area contributed by atoms with Crippen molar-refractivity contribution in [1.29, 1.82) is 0 Å². The maximum absolute atomic E-state index is 10.7. The third-order valence-corrected chi connectivity index (χ3v) is 2.08. The van der Waals surface area contributed by atoms with Gasteiger partial charge in [-0.15, -0.1) is 0 Å². The molecule has 3 heteroatoms. The number of benzene rings is 1. The van der Waals surface area contributed by atoms with E-state index in [4.69, 9.17) is 0 Å². The summed E-state index contributed by atoms with van der Waals surface area (Å²) in [5.41, 5.74) is 0.859. The van der Waals surface area contributed by atoms with Crippen LogP contribution in [0.3, 0.4) is 0 Å². The molecule has 0 fully saturated rings. The summed E-state index contributed by atoms with van der Waals surface area (Å²) in [5, 5.41) is 9.58. The quantitative estimate of drug-likeness (QED) is 0.484. The Bertz CT molecular complexity index is 497. The van der Waals surface area contributed by atoms with Crippen molar-refractivity contribution < 1.29 is 14.6 Å². The summed E-state index contributed by atoms with van der Waals surface area (Å²) in [6.45, 7) is 0.